The second-order valence-corrected chi connectivity index (χ2v) is 9.42. The maximum absolute atomic E-state index is 13.3. The lowest BCUT2D eigenvalue weighted by Gasteiger charge is -2.26. The number of aryl methyl sites for hydroxylation is 1. The van der Waals surface area contributed by atoms with E-state index in [1.807, 2.05) is 67.7 Å². The Balaban J connectivity index is 1.88. The quantitative estimate of drug-likeness (QED) is 0.320. The molecule has 188 valence electrons. The van der Waals surface area contributed by atoms with Gasteiger partial charge in [0.25, 0.3) is 11.8 Å². The first kappa shape index (κ1) is 25.6. The lowest BCUT2D eigenvalue weighted by molar-refractivity contribution is -0.140. The topological polar surface area (TPSA) is 88.2 Å². The van der Waals surface area contributed by atoms with Crippen molar-refractivity contribution in [3.05, 3.63) is 82.6 Å². The van der Waals surface area contributed by atoms with Gasteiger partial charge < -0.3 is 4.74 Å². The van der Waals surface area contributed by atoms with Crippen molar-refractivity contribution in [2.24, 2.45) is 5.92 Å². The summed E-state index contributed by atoms with van der Waals surface area (Å²) in [6.45, 7) is 10.4. The predicted octanol–water partition coefficient (Wildman–Crippen LogP) is 5.49. The number of ether oxygens (including phenoxy) is 1. The van der Waals surface area contributed by atoms with Gasteiger partial charge in [-0.15, -0.1) is 0 Å². The Bertz CT molecular complexity index is 1460. The van der Waals surface area contributed by atoms with Crippen molar-refractivity contribution in [2.45, 2.75) is 34.6 Å². The average molecular weight is 495 g/mol. The van der Waals surface area contributed by atoms with E-state index >= 15 is 0 Å². The number of imide groups is 1. The van der Waals surface area contributed by atoms with E-state index in [2.05, 4.69) is 13.8 Å². The highest BCUT2D eigenvalue weighted by Crippen LogP contribution is 2.33. The monoisotopic (exact) mass is 494 g/mol. The molecule has 1 aromatic heterocycles. The number of aromatic nitrogens is 2. The van der Waals surface area contributed by atoms with Crippen molar-refractivity contribution in [3.63, 3.8) is 0 Å². The van der Waals surface area contributed by atoms with Crippen LogP contribution in [0.4, 0.5) is 0 Å². The lowest BCUT2D eigenvalue weighted by atomic mass is 9.93. The summed E-state index contributed by atoms with van der Waals surface area (Å²) >= 11 is 0. The van der Waals surface area contributed by atoms with Crippen LogP contribution < -0.4 is 4.74 Å². The molecule has 0 saturated heterocycles. The molecule has 0 spiro atoms. The maximum atomic E-state index is 13.3. The molecule has 0 fully saturated rings. The molecule has 0 unspecified atom stereocenters. The Morgan fingerprint density at radius 1 is 1.08 bits per heavy atom. The molecule has 2 aromatic carbocycles. The van der Waals surface area contributed by atoms with E-state index in [9.17, 15) is 14.9 Å². The molecule has 7 heteroatoms. The van der Waals surface area contributed by atoms with E-state index in [-0.39, 0.29) is 12.1 Å². The number of hydrogen-bond donors (Lipinski definition) is 0. The fourth-order valence-corrected chi connectivity index (χ4v) is 4.24. The van der Waals surface area contributed by atoms with Crippen LogP contribution in [0.15, 0.2) is 71.4 Å². The Hall–Kier alpha value is -4.44. The minimum atomic E-state index is -0.558. The summed E-state index contributed by atoms with van der Waals surface area (Å²) in [6.07, 6.45) is 3.59. The highest BCUT2D eigenvalue weighted by Gasteiger charge is 2.34. The zero-order valence-electron chi connectivity index (χ0n) is 21.8. The van der Waals surface area contributed by atoms with Gasteiger partial charge in [-0.25, -0.2) is 4.68 Å². The Morgan fingerprint density at radius 3 is 2.43 bits per heavy atom. The van der Waals surface area contributed by atoms with Gasteiger partial charge in [0.2, 0.25) is 0 Å². The SMILES string of the molecule is CCN1C(=O)C(C#N)=C(C)/C(=C\c2cn(-c3ccccc3)nc2-c2ccc(OCC(C)C)cc2C)C1=O. The van der Waals surface area contributed by atoms with Crippen molar-refractivity contribution in [2.75, 3.05) is 13.2 Å². The van der Waals surface area contributed by atoms with Crippen LogP contribution in [0.25, 0.3) is 23.0 Å². The summed E-state index contributed by atoms with van der Waals surface area (Å²) in [5.74, 6) is 0.223. The summed E-state index contributed by atoms with van der Waals surface area (Å²) in [6, 6.07) is 17.6. The molecule has 37 heavy (non-hydrogen) atoms. The van der Waals surface area contributed by atoms with Gasteiger partial charge in [0, 0.05) is 29.4 Å². The molecule has 2 amide bonds. The first-order valence-electron chi connectivity index (χ1n) is 12.3. The van der Waals surface area contributed by atoms with Crippen LogP contribution in [-0.2, 0) is 9.59 Å². The lowest BCUT2D eigenvalue weighted by Crippen LogP contribution is -2.42. The van der Waals surface area contributed by atoms with Crippen molar-refractivity contribution < 1.29 is 14.3 Å². The van der Waals surface area contributed by atoms with E-state index in [1.165, 1.54) is 0 Å². The molecule has 0 atom stereocenters. The number of rotatable bonds is 7. The van der Waals surface area contributed by atoms with E-state index in [4.69, 9.17) is 9.84 Å². The van der Waals surface area contributed by atoms with E-state index in [0.29, 0.717) is 34.9 Å². The number of likely N-dealkylation sites (N-methyl/N-ethyl adjacent to an activating group) is 1. The molecule has 0 bridgehead atoms. The van der Waals surface area contributed by atoms with Crippen LogP contribution in [0.5, 0.6) is 5.75 Å². The van der Waals surface area contributed by atoms with Crippen LogP contribution in [0.2, 0.25) is 0 Å². The summed E-state index contributed by atoms with van der Waals surface area (Å²) in [4.78, 5) is 27.0. The number of benzene rings is 2. The Morgan fingerprint density at radius 2 is 1.81 bits per heavy atom. The van der Waals surface area contributed by atoms with Crippen LogP contribution in [0.1, 0.15) is 38.8 Å². The number of amides is 2. The normalized spacial score (nSPS) is 15.1. The molecule has 1 aliphatic heterocycles. The fourth-order valence-electron chi connectivity index (χ4n) is 4.24. The smallest absolute Gasteiger partial charge is 0.271 e. The van der Waals surface area contributed by atoms with Gasteiger partial charge in [0.1, 0.15) is 23.1 Å². The van der Waals surface area contributed by atoms with Crippen molar-refractivity contribution in [1.82, 2.24) is 14.7 Å². The highest BCUT2D eigenvalue weighted by atomic mass is 16.5. The number of nitriles is 1. The van der Waals surface area contributed by atoms with Gasteiger partial charge in [0.15, 0.2) is 0 Å². The summed E-state index contributed by atoms with van der Waals surface area (Å²) in [5.41, 5.74) is 4.78. The highest BCUT2D eigenvalue weighted by molar-refractivity contribution is 6.19. The third kappa shape index (κ3) is 5.10. The molecule has 4 rings (SSSR count). The van der Waals surface area contributed by atoms with Gasteiger partial charge in [-0.1, -0.05) is 32.0 Å². The fraction of sp³-hybridized carbons (Fsp3) is 0.267. The third-order valence-electron chi connectivity index (χ3n) is 6.24. The molecule has 7 nitrogen and oxygen atoms in total. The summed E-state index contributed by atoms with van der Waals surface area (Å²) in [5, 5.41) is 14.5. The first-order valence-corrected chi connectivity index (χ1v) is 12.3. The number of nitrogens with zero attached hydrogens (tertiary/aromatic N) is 4. The molecule has 0 radical (unpaired) electrons. The summed E-state index contributed by atoms with van der Waals surface area (Å²) < 4.78 is 7.66. The average Bonchev–Trinajstić information content (AvgIpc) is 3.30. The van der Waals surface area contributed by atoms with Gasteiger partial charge in [0.05, 0.1) is 12.3 Å². The van der Waals surface area contributed by atoms with Gasteiger partial charge in [-0.05, 0) is 74.2 Å². The van der Waals surface area contributed by atoms with Crippen molar-refractivity contribution in [1.29, 1.82) is 5.26 Å². The molecule has 1 aliphatic rings. The molecule has 0 saturated carbocycles. The van der Waals surface area contributed by atoms with Crippen LogP contribution in [0.3, 0.4) is 0 Å². The minimum Gasteiger partial charge on any atom is -0.493 e. The Kier molecular flexibility index (Phi) is 7.40. The number of carbonyl (C=O) groups excluding carboxylic acids is 2. The van der Waals surface area contributed by atoms with Crippen LogP contribution in [0, 0.1) is 24.2 Å². The largest absolute Gasteiger partial charge is 0.493 e. The first-order chi connectivity index (χ1) is 17.7. The molecular formula is C30H30N4O3. The van der Waals surface area contributed by atoms with Crippen molar-refractivity contribution >= 4 is 17.9 Å². The minimum absolute atomic E-state index is 0.0208. The van der Waals surface area contributed by atoms with Crippen LogP contribution >= 0.6 is 0 Å². The third-order valence-corrected chi connectivity index (χ3v) is 6.24. The number of para-hydroxylation sites is 1. The molecule has 0 aliphatic carbocycles. The van der Waals surface area contributed by atoms with Gasteiger partial charge >= 0.3 is 0 Å². The predicted molar refractivity (Wildman–Crippen MR) is 143 cm³/mol. The zero-order valence-corrected chi connectivity index (χ0v) is 21.8. The number of hydrogen-bond acceptors (Lipinski definition) is 5. The standard InChI is InChI=1S/C30H30N4O3/c1-6-33-29(35)26(21(5)27(16-31)30(33)36)15-22-17-34(23-10-8-7-9-11-23)32-28(22)25-13-12-24(14-20(25)4)37-18-19(2)3/h7-15,17,19H,6,18H2,1-5H3/b26-15+. The summed E-state index contributed by atoms with van der Waals surface area (Å²) in [7, 11) is 0. The van der Waals surface area contributed by atoms with Gasteiger partial charge in [-0.2, -0.15) is 10.4 Å². The Labute approximate surface area is 217 Å². The zero-order chi connectivity index (χ0) is 26.7. The van der Waals surface area contributed by atoms with Crippen LogP contribution in [-0.4, -0.2) is 39.6 Å². The molecular weight excluding hydrogens is 464 g/mol. The van der Waals surface area contributed by atoms with E-state index in [1.54, 1.807) is 24.6 Å². The van der Waals surface area contributed by atoms with Crippen molar-refractivity contribution in [3.8, 4) is 28.8 Å². The van der Waals surface area contributed by atoms with Gasteiger partial charge in [-0.3, -0.25) is 14.5 Å². The second kappa shape index (κ2) is 10.7. The maximum Gasteiger partial charge on any atom is 0.271 e. The van der Waals surface area contributed by atoms with E-state index in [0.717, 1.165) is 27.5 Å². The molecule has 3 aromatic rings. The second-order valence-electron chi connectivity index (χ2n) is 9.42. The van der Waals surface area contributed by atoms with E-state index < -0.39 is 11.8 Å². The molecule has 0 N–H and O–H groups in total. The molecule has 2 heterocycles. The number of carbonyl (C=O) groups is 2.